The van der Waals surface area contributed by atoms with Gasteiger partial charge in [0, 0.05) is 5.56 Å². The summed E-state index contributed by atoms with van der Waals surface area (Å²) in [5.41, 5.74) is 1.95. The van der Waals surface area contributed by atoms with Crippen molar-refractivity contribution in [1.82, 2.24) is 4.57 Å². The lowest BCUT2D eigenvalue weighted by atomic mass is 9.95. The smallest absolute Gasteiger partial charge is 0.343 e. The van der Waals surface area contributed by atoms with Crippen LogP contribution in [0.2, 0.25) is 0 Å². The molecule has 1 aliphatic rings. The van der Waals surface area contributed by atoms with Crippen molar-refractivity contribution in [3.63, 3.8) is 0 Å². The first-order valence-corrected chi connectivity index (χ1v) is 17.8. The predicted molar refractivity (Wildman–Crippen MR) is 193 cm³/mol. The summed E-state index contributed by atoms with van der Waals surface area (Å²) in [4.78, 5) is 44.3. The van der Waals surface area contributed by atoms with E-state index in [0.29, 0.717) is 60.0 Å². The van der Waals surface area contributed by atoms with Crippen molar-refractivity contribution in [3.8, 4) is 17.2 Å². The van der Waals surface area contributed by atoms with E-state index in [2.05, 4.69) is 48.3 Å². The van der Waals surface area contributed by atoms with Crippen LogP contribution < -0.4 is 29.1 Å². The highest BCUT2D eigenvalue weighted by Gasteiger charge is 2.34. The number of rotatable bonds is 12. The first kappa shape index (κ1) is 36.3. The number of aromatic nitrogens is 1. The second-order valence-corrected chi connectivity index (χ2v) is 13.5. The van der Waals surface area contributed by atoms with Gasteiger partial charge in [0.1, 0.15) is 18.2 Å². The minimum atomic E-state index is -0.896. The Morgan fingerprint density at radius 3 is 2.53 bits per heavy atom. The van der Waals surface area contributed by atoms with Gasteiger partial charge >= 0.3 is 11.9 Å². The molecule has 0 spiro atoms. The van der Waals surface area contributed by atoms with Gasteiger partial charge in [0.15, 0.2) is 22.9 Å². The summed E-state index contributed by atoms with van der Waals surface area (Å²) in [6.45, 7) is 5.35. The van der Waals surface area contributed by atoms with Gasteiger partial charge in [-0.1, -0.05) is 35.6 Å². The summed E-state index contributed by atoms with van der Waals surface area (Å²) in [7, 11) is 1.26. The quantitative estimate of drug-likeness (QED) is 0.129. The Hall–Kier alpha value is -4.02. The number of benzene rings is 3. The number of allylic oxidation sites excluding steroid dienone is 1. The number of nitrogens with zero attached hydrogens (tertiary/aromatic N) is 2. The molecule has 256 valence electrons. The van der Waals surface area contributed by atoms with Crippen LogP contribution in [-0.4, -0.2) is 43.4 Å². The third-order valence-corrected chi connectivity index (χ3v) is 9.70. The van der Waals surface area contributed by atoms with E-state index in [1.54, 1.807) is 63.2 Å². The topological polar surface area (TPSA) is 115 Å². The highest BCUT2D eigenvalue weighted by molar-refractivity contribution is 14.1. The third kappa shape index (κ3) is 8.07. The molecule has 4 aromatic rings. The maximum absolute atomic E-state index is 14.2. The fourth-order valence-corrected chi connectivity index (χ4v) is 7.92. The number of ether oxygens (including phenoxy) is 5. The Bertz CT molecular complexity index is 2110. The lowest BCUT2D eigenvalue weighted by Gasteiger charge is -2.25. The Morgan fingerprint density at radius 2 is 1.84 bits per heavy atom. The third-order valence-electron chi connectivity index (χ3n) is 7.32. The molecule has 10 nitrogen and oxygen atoms in total. The molecule has 0 saturated heterocycles. The SMILES string of the molecule is CCOC(=O)C1=C(C)N=c2s/c(=C\c3cc(Br)c(OCc4ccccc4F)c(I)c3)c(=O)n2[C@H]1c1ccc(OCC(=O)OC)c(OCC)c1. The van der Waals surface area contributed by atoms with Crippen LogP contribution in [0.4, 0.5) is 4.39 Å². The van der Waals surface area contributed by atoms with Gasteiger partial charge in [-0.3, -0.25) is 9.36 Å². The van der Waals surface area contributed by atoms with Gasteiger partial charge in [-0.05, 0) is 107 Å². The zero-order valence-electron chi connectivity index (χ0n) is 26.9. The van der Waals surface area contributed by atoms with Crippen LogP contribution in [0.1, 0.15) is 43.5 Å². The van der Waals surface area contributed by atoms with Gasteiger partial charge < -0.3 is 23.7 Å². The lowest BCUT2D eigenvalue weighted by Crippen LogP contribution is -2.40. The molecule has 0 fully saturated rings. The molecular weight excluding hydrogens is 834 g/mol. The Labute approximate surface area is 307 Å². The maximum Gasteiger partial charge on any atom is 0.343 e. The van der Waals surface area contributed by atoms with Gasteiger partial charge in [-0.2, -0.15) is 0 Å². The average Bonchev–Trinajstić information content (AvgIpc) is 3.37. The summed E-state index contributed by atoms with van der Waals surface area (Å²) in [5.74, 6) is -0.354. The monoisotopic (exact) mass is 864 g/mol. The number of fused-ring (bicyclic) bond motifs is 1. The highest BCUT2D eigenvalue weighted by Crippen LogP contribution is 2.37. The van der Waals surface area contributed by atoms with E-state index in [1.807, 2.05) is 12.1 Å². The summed E-state index contributed by atoms with van der Waals surface area (Å²) >= 11 is 6.89. The van der Waals surface area contributed by atoms with E-state index in [0.717, 1.165) is 3.57 Å². The van der Waals surface area contributed by atoms with E-state index in [9.17, 15) is 18.8 Å². The molecular formula is C35H31BrFIN2O8S. The van der Waals surface area contributed by atoms with Gasteiger partial charge in [0.2, 0.25) is 0 Å². The fraction of sp³-hybridized carbons (Fsp3) is 0.257. The van der Waals surface area contributed by atoms with Crippen LogP contribution in [0, 0.1) is 9.39 Å². The van der Waals surface area contributed by atoms with Crippen molar-refractivity contribution < 1.29 is 37.7 Å². The first-order valence-electron chi connectivity index (χ1n) is 15.1. The maximum atomic E-state index is 14.2. The van der Waals surface area contributed by atoms with Crippen molar-refractivity contribution >= 4 is 67.9 Å². The molecule has 49 heavy (non-hydrogen) atoms. The van der Waals surface area contributed by atoms with Crippen LogP contribution in [-0.2, 0) is 25.7 Å². The van der Waals surface area contributed by atoms with E-state index < -0.39 is 18.0 Å². The average molecular weight is 866 g/mol. The van der Waals surface area contributed by atoms with Crippen molar-refractivity contribution in [3.05, 3.63) is 116 Å². The Morgan fingerprint density at radius 1 is 1.06 bits per heavy atom. The largest absolute Gasteiger partial charge is 0.490 e. The summed E-state index contributed by atoms with van der Waals surface area (Å²) < 4.78 is 44.9. The van der Waals surface area contributed by atoms with Crippen molar-refractivity contribution in [2.75, 3.05) is 26.9 Å². The summed E-state index contributed by atoms with van der Waals surface area (Å²) in [6.07, 6.45) is 1.74. The molecule has 0 aliphatic carbocycles. The van der Waals surface area contributed by atoms with E-state index in [1.165, 1.54) is 29.1 Å². The molecule has 2 heterocycles. The summed E-state index contributed by atoms with van der Waals surface area (Å²) in [5, 5.41) is 0. The number of carbonyl (C=O) groups excluding carboxylic acids is 2. The molecule has 14 heteroatoms. The minimum Gasteiger partial charge on any atom is -0.490 e. The molecule has 0 radical (unpaired) electrons. The summed E-state index contributed by atoms with van der Waals surface area (Å²) in [6, 6.07) is 14.2. The molecule has 0 unspecified atom stereocenters. The first-order chi connectivity index (χ1) is 23.6. The lowest BCUT2D eigenvalue weighted by molar-refractivity contribution is -0.143. The standard InChI is InChI=1S/C35H31BrFIN2O8S/c1-5-45-27-16-21(11-12-26(27)47-18-29(41)44-4)31-30(34(43)46-6-2)19(3)39-35-40(31)33(42)28(49-35)15-20-13-23(36)32(25(38)14-20)48-17-22-9-7-8-10-24(22)37/h7-16,31H,5-6,17-18H2,1-4H3/b28-15-/t31-/m0/s1. The van der Waals surface area contributed by atoms with Crippen molar-refractivity contribution in [1.29, 1.82) is 0 Å². The van der Waals surface area contributed by atoms with Crippen LogP contribution in [0.15, 0.2) is 80.1 Å². The van der Waals surface area contributed by atoms with Gasteiger partial charge in [-0.15, -0.1) is 0 Å². The van der Waals surface area contributed by atoms with Gasteiger partial charge in [0.25, 0.3) is 5.56 Å². The number of methoxy groups -OCH3 is 1. The number of halogens is 3. The van der Waals surface area contributed by atoms with E-state index >= 15 is 0 Å². The number of esters is 2. The van der Waals surface area contributed by atoms with Crippen molar-refractivity contribution in [2.24, 2.45) is 4.99 Å². The molecule has 1 atom stereocenters. The van der Waals surface area contributed by atoms with Crippen LogP contribution in [0.25, 0.3) is 6.08 Å². The molecule has 3 aromatic carbocycles. The number of hydrogen-bond donors (Lipinski definition) is 0. The zero-order chi connectivity index (χ0) is 35.2. The van der Waals surface area contributed by atoms with Gasteiger partial charge in [-0.25, -0.2) is 19.0 Å². The molecule has 1 aliphatic heterocycles. The van der Waals surface area contributed by atoms with Crippen LogP contribution >= 0.6 is 49.9 Å². The molecule has 1 aromatic heterocycles. The fourth-order valence-electron chi connectivity index (χ4n) is 5.10. The van der Waals surface area contributed by atoms with Gasteiger partial charge in [0.05, 0.1) is 50.2 Å². The van der Waals surface area contributed by atoms with E-state index in [-0.39, 0.29) is 36.8 Å². The molecule has 5 rings (SSSR count). The second kappa shape index (κ2) is 16.1. The molecule has 0 amide bonds. The Balaban J connectivity index is 1.57. The van der Waals surface area contributed by atoms with Crippen LogP contribution in [0.5, 0.6) is 17.2 Å². The molecule has 0 N–H and O–H groups in total. The van der Waals surface area contributed by atoms with Crippen molar-refractivity contribution in [2.45, 2.75) is 33.4 Å². The normalized spacial score (nSPS) is 14.2. The number of thiazole rings is 1. The Kier molecular flexibility index (Phi) is 11.9. The molecule has 0 bridgehead atoms. The predicted octanol–water partition coefficient (Wildman–Crippen LogP) is 5.83. The van der Waals surface area contributed by atoms with E-state index in [4.69, 9.17) is 18.9 Å². The van der Waals surface area contributed by atoms with Crippen LogP contribution in [0.3, 0.4) is 0 Å². The zero-order valence-corrected chi connectivity index (χ0v) is 31.4. The highest BCUT2D eigenvalue weighted by atomic mass is 127. The number of carbonyl (C=O) groups is 2. The minimum absolute atomic E-state index is 0.0464. The second-order valence-electron chi connectivity index (χ2n) is 10.5. The number of hydrogen-bond acceptors (Lipinski definition) is 10. The molecule has 0 saturated carbocycles.